The van der Waals surface area contributed by atoms with Crippen molar-refractivity contribution < 1.29 is 8.83 Å². The zero-order valence-corrected chi connectivity index (χ0v) is 28.7. The first-order valence-electron chi connectivity index (χ1n) is 18.0. The molecule has 11 aromatic rings. The van der Waals surface area contributed by atoms with Gasteiger partial charge in [0, 0.05) is 50.2 Å². The van der Waals surface area contributed by atoms with Crippen molar-refractivity contribution in [2.24, 2.45) is 0 Å². The summed E-state index contributed by atoms with van der Waals surface area (Å²) in [6.45, 7) is 0. The Morgan fingerprint density at radius 3 is 1.83 bits per heavy atom. The van der Waals surface area contributed by atoms with Crippen LogP contribution in [-0.4, -0.2) is 0 Å². The number of hydrogen-bond acceptors (Lipinski definition) is 3. The van der Waals surface area contributed by atoms with E-state index in [0.29, 0.717) is 0 Å². The van der Waals surface area contributed by atoms with Gasteiger partial charge in [0.05, 0.1) is 0 Å². The molecule has 0 atom stereocenters. The molecule has 0 spiro atoms. The third-order valence-electron chi connectivity index (χ3n) is 10.6. The van der Waals surface area contributed by atoms with E-state index in [2.05, 4.69) is 175 Å². The van der Waals surface area contributed by atoms with Crippen molar-refractivity contribution in [1.82, 2.24) is 0 Å². The van der Waals surface area contributed by atoms with Crippen molar-refractivity contribution in [3.8, 4) is 22.3 Å². The van der Waals surface area contributed by atoms with Crippen LogP contribution in [0.5, 0.6) is 0 Å². The van der Waals surface area contributed by atoms with Crippen LogP contribution in [0.1, 0.15) is 0 Å². The summed E-state index contributed by atoms with van der Waals surface area (Å²) < 4.78 is 12.8. The van der Waals surface area contributed by atoms with Gasteiger partial charge in [-0.3, -0.25) is 0 Å². The van der Waals surface area contributed by atoms with Crippen LogP contribution in [0.3, 0.4) is 0 Å². The number of hydrogen-bond donors (Lipinski definition) is 0. The maximum Gasteiger partial charge on any atom is 0.143 e. The van der Waals surface area contributed by atoms with Crippen molar-refractivity contribution in [3.63, 3.8) is 0 Å². The number of nitrogens with zero attached hydrogens (tertiary/aromatic N) is 1. The van der Waals surface area contributed by atoms with E-state index in [0.717, 1.165) is 83.2 Å². The standard InChI is InChI=1S/C50H31NO2/c1-2-9-33(10-3-1)42-14-8-15-45-46-30-35(21-28-48(46)53-50(42)45)32-19-22-37(23-20-32)51(39-25-27-44-43-13-6-7-16-47(43)52-49(44)31-39)38-24-26-41-36(29-38)18-17-34-11-4-5-12-40(34)41/h1-31H. The minimum atomic E-state index is 0.869. The molecule has 53 heavy (non-hydrogen) atoms. The summed E-state index contributed by atoms with van der Waals surface area (Å²) in [7, 11) is 0. The normalized spacial score (nSPS) is 11.8. The molecule has 0 unspecified atom stereocenters. The summed E-state index contributed by atoms with van der Waals surface area (Å²) in [4.78, 5) is 2.32. The molecule has 0 aliphatic heterocycles. The van der Waals surface area contributed by atoms with Gasteiger partial charge in [0.25, 0.3) is 0 Å². The molecule has 0 saturated heterocycles. The molecule has 3 nitrogen and oxygen atoms in total. The first-order valence-corrected chi connectivity index (χ1v) is 18.0. The van der Waals surface area contributed by atoms with Gasteiger partial charge in [-0.1, -0.05) is 127 Å². The maximum atomic E-state index is 6.47. The maximum absolute atomic E-state index is 6.47. The third kappa shape index (κ3) is 4.82. The Morgan fingerprint density at radius 1 is 0.302 bits per heavy atom. The lowest BCUT2D eigenvalue weighted by Gasteiger charge is -2.26. The summed E-state index contributed by atoms with van der Waals surface area (Å²) in [6, 6.07) is 66.8. The predicted molar refractivity (Wildman–Crippen MR) is 222 cm³/mol. The van der Waals surface area contributed by atoms with Crippen LogP contribution < -0.4 is 4.90 Å². The Kier molecular flexibility index (Phi) is 6.55. The second-order valence-corrected chi connectivity index (χ2v) is 13.7. The van der Waals surface area contributed by atoms with E-state index >= 15 is 0 Å². The molecule has 0 aliphatic carbocycles. The minimum absolute atomic E-state index is 0.869. The van der Waals surface area contributed by atoms with Crippen LogP contribution in [0.25, 0.3) is 87.7 Å². The average Bonchev–Trinajstić information content (AvgIpc) is 3.79. The molecule has 0 amide bonds. The SMILES string of the molecule is c1ccc(-c2cccc3c2oc2ccc(-c4ccc(N(c5ccc6c(ccc7ccccc76)c5)c5ccc6c(c5)oc5ccccc56)cc4)cc23)cc1. The molecule has 0 fully saturated rings. The number of anilines is 3. The largest absolute Gasteiger partial charge is 0.456 e. The van der Waals surface area contributed by atoms with Crippen LogP contribution in [0, 0.1) is 0 Å². The Balaban J connectivity index is 1.03. The number of rotatable bonds is 5. The van der Waals surface area contributed by atoms with Gasteiger partial charge in [0.2, 0.25) is 0 Å². The van der Waals surface area contributed by atoms with Crippen molar-refractivity contribution in [2.75, 3.05) is 4.90 Å². The summed E-state index contributed by atoms with van der Waals surface area (Å²) in [5.74, 6) is 0. The fraction of sp³-hybridized carbons (Fsp3) is 0. The van der Waals surface area contributed by atoms with E-state index in [9.17, 15) is 0 Å². The van der Waals surface area contributed by atoms with E-state index in [1.165, 1.54) is 21.5 Å². The van der Waals surface area contributed by atoms with Gasteiger partial charge in [-0.15, -0.1) is 0 Å². The third-order valence-corrected chi connectivity index (χ3v) is 10.6. The first kappa shape index (κ1) is 29.6. The molecule has 2 aromatic heterocycles. The molecular formula is C50H31NO2. The monoisotopic (exact) mass is 677 g/mol. The Bertz CT molecular complexity index is 3170. The minimum Gasteiger partial charge on any atom is -0.456 e. The van der Waals surface area contributed by atoms with Crippen molar-refractivity contribution >= 4 is 82.5 Å². The van der Waals surface area contributed by atoms with Gasteiger partial charge >= 0.3 is 0 Å². The second kappa shape index (κ2) is 11.7. The molecular weight excluding hydrogens is 647 g/mol. The summed E-state index contributed by atoms with van der Waals surface area (Å²) in [6.07, 6.45) is 0. The van der Waals surface area contributed by atoms with Gasteiger partial charge in [-0.25, -0.2) is 0 Å². The summed E-state index contributed by atoms with van der Waals surface area (Å²) in [5.41, 5.74) is 11.3. The van der Waals surface area contributed by atoms with E-state index in [-0.39, 0.29) is 0 Å². The highest BCUT2D eigenvalue weighted by Gasteiger charge is 2.18. The molecule has 3 heteroatoms. The lowest BCUT2D eigenvalue weighted by atomic mass is 9.99. The summed E-state index contributed by atoms with van der Waals surface area (Å²) in [5, 5.41) is 9.42. The van der Waals surface area contributed by atoms with Crippen molar-refractivity contribution in [2.45, 2.75) is 0 Å². The smallest absolute Gasteiger partial charge is 0.143 e. The van der Waals surface area contributed by atoms with Gasteiger partial charge < -0.3 is 13.7 Å². The van der Waals surface area contributed by atoms with Gasteiger partial charge in [-0.2, -0.15) is 0 Å². The number of furan rings is 2. The molecule has 0 radical (unpaired) electrons. The summed E-state index contributed by atoms with van der Waals surface area (Å²) >= 11 is 0. The quantitative estimate of drug-likeness (QED) is 0.170. The number of para-hydroxylation sites is 2. The molecule has 2 heterocycles. The Morgan fingerprint density at radius 2 is 0.943 bits per heavy atom. The zero-order valence-electron chi connectivity index (χ0n) is 28.7. The highest BCUT2D eigenvalue weighted by Crippen LogP contribution is 2.42. The lowest BCUT2D eigenvalue weighted by Crippen LogP contribution is -2.09. The van der Waals surface area contributed by atoms with Crippen LogP contribution >= 0.6 is 0 Å². The average molecular weight is 678 g/mol. The van der Waals surface area contributed by atoms with Gasteiger partial charge in [-0.05, 0) is 92.8 Å². The van der Waals surface area contributed by atoms with E-state index in [4.69, 9.17) is 8.83 Å². The Hall–Kier alpha value is -7.10. The van der Waals surface area contributed by atoms with Crippen LogP contribution in [0.15, 0.2) is 197 Å². The number of benzene rings is 9. The second-order valence-electron chi connectivity index (χ2n) is 13.7. The topological polar surface area (TPSA) is 29.5 Å². The molecule has 248 valence electrons. The highest BCUT2D eigenvalue weighted by molar-refractivity contribution is 6.11. The molecule has 0 aliphatic rings. The fourth-order valence-corrected chi connectivity index (χ4v) is 8.07. The molecule has 0 bridgehead atoms. The first-order chi connectivity index (χ1) is 26.2. The zero-order chi connectivity index (χ0) is 34.9. The van der Waals surface area contributed by atoms with Crippen molar-refractivity contribution in [3.05, 3.63) is 188 Å². The van der Waals surface area contributed by atoms with Gasteiger partial charge in [0.15, 0.2) is 0 Å². The van der Waals surface area contributed by atoms with Crippen LogP contribution in [0.4, 0.5) is 17.1 Å². The lowest BCUT2D eigenvalue weighted by molar-refractivity contribution is 0.669. The predicted octanol–water partition coefficient (Wildman–Crippen LogP) is 14.6. The Labute approximate surface area is 305 Å². The molecule has 0 saturated carbocycles. The van der Waals surface area contributed by atoms with E-state index in [1.807, 2.05) is 18.2 Å². The number of fused-ring (bicyclic) bond motifs is 9. The highest BCUT2D eigenvalue weighted by atomic mass is 16.3. The van der Waals surface area contributed by atoms with Gasteiger partial charge in [0.1, 0.15) is 22.3 Å². The van der Waals surface area contributed by atoms with E-state index < -0.39 is 0 Å². The van der Waals surface area contributed by atoms with E-state index in [1.54, 1.807) is 0 Å². The van der Waals surface area contributed by atoms with Crippen LogP contribution in [-0.2, 0) is 0 Å². The fourth-order valence-electron chi connectivity index (χ4n) is 8.07. The molecule has 0 N–H and O–H groups in total. The van der Waals surface area contributed by atoms with Crippen LogP contribution in [0.2, 0.25) is 0 Å². The van der Waals surface area contributed by atoms with Crippen molar-refractivity contribution in [1.29, 1.82) is 0 Å². The molecule has 9 aromatic carbocycles. The molecule has 11 rings (SSSR count).